The van der Waals surface area contributed by atoms with Crippen LogP contribution in [0.2, 0.25) is 0 Å². The van der Waals surface area contributed by atoms with Crippen molar-refractivity contribution in [1.29, 1.82) is 0 Å². The molecule has 0 aliphatic carbocycles. The van der Waals surface area contributed by atoms with Crippen LogP contribution in [0.25, 0.3) is 0 Å². The van der Waals surface area contributed by atoms with Crippen LogP contribution in [0.1, 0.15) is 12.5 Å². The Bertz CT molecular complexity index is 478. The third kappa shape index (κ3) is 5.39. The third-order valence-electron chi connectivity index (χ3n) is 2.10. The van der Waals surface area contributed by atoms with E-state index in [2.05, 4.69) is 9.97 Å². The predicted octanol–water partition coefficient (Wildman–Crippen LogP) is -0.266. The number of hydrogen-bond donors (Lipinski definition) is 4. The Morgan fingerprint density at radius 2 is 1.95 bits per heavy atom. The minimum absolute atomic E-state index is 0.000774. The number of ether oxygens (including phenoxy) is 2. The Hall–Kier alpha value is -1.41. The lowest BCUT2D eigenvalue weighted by molar-refractivity contribution is 0.117. The first kappa shape index (κ1) is 15.6. The van der Waals surface area contributed by atoms with Gasteiger partial charge in [0.1, 0.15) is 18.8 Å². The van der Waals surface area contributed by atoms with Crippen molar-refractivity contribution in [2.24, 2.45) is 0 Å². The van der Waals surface area contributed by atoms with Gasteiger partial charge in [-0.3, -0.25) is 4.57 Å². The monoisotopic (exact) mass is 292 g/mol. The van der Waals surface area contributed by atoms with Crippen LogP contribution in [0, 0.1) is 0 Å². The molecule has 0 amide bonds. The molecule has 0 fully saturated rings. The van der Waals surface area contributed by atoms with Gasteiger partial charge in [0.15, 0.2) is 0 Å². The van der Waals surface area contributed by atoms with Crippen LogP contribution in [0.15, 0.2) is 0 Å². The van der Waals surface area contributed by atoms with Gasteiger partial charge in [-0.25, -0.2) is 0 Å². The van der Waals surface area contributed by atoms with Crippen molar-refractivity contribution in [3.05, 3.63) is 5.56 Å². The number of nitrogen functional groups attached to an aromatic ring is 2. The summed E-state index contributed by atoms with van der Waals surface area (Å²) >= 11 is 0. The predicted molar refractivity (Wildman–Crippen MR) is 68.6 cm³/mol. The van der Waals surface area contributed by atoms with E-state index in [1.54, 1.807) is 0 Å². The van der Waals surface area contributed by atoms with Crippen LogP contribution in [-0.4, -0.2) is 39.3 Å². The van der Waals surface area contributed by atoms with Gasteiger partial charge in [0, 0.05) is 0 Å². The van der Waals surface area contributed by atoms with E-state index in [0.29, 0.717) is 12.0 Å². The molecule has 10 heteroatoms. The van der Waals surface area contributed by atoms with Crippen molar-refractivity contribution in [3.63, 3.8) is 0 Å². The van der Waals surface area contributed by atoms with Crippen LogP contribution in [-0.2, 0) is 15.7 Å². The maximum absolute atomic E-state index is 10.5. The molecule has 1 aromatic rings. The molecule has 0 aliphatic rings. The van der Waals surface area contributed by atoms with Crippen LogP contribution in [0.4, 0.5) is 11.8 Å². The molecule has 9 nitrogen and oxygen atoms in total. The van der Waals surface area contributed by atoms with Gasteiger partial charge in [-0.15, -0.1) is 0 Å². The van der Waals surface area contributed by atoms with E-state index in [1.807, 2.05) is 6.92 Å². The molecule has 0 bridgehead atoms. The topological polar surface area (TPSA) is 154 Å². The van der Waals surface area contributed by atoms with Crippen molar-refractivity contribution >= 4 is 19.4 Å². The number of anilines is 2. The molecule has 0 atom stereocenters. The highest BCUT2D eigenvalue weighted by atomic mass is 31.2. The Balaban J connectivity index is 2.51. The lowest BCUT2D eigenvalue weighted by atomic mass is 10.2. The fourth-order valence-electron chi connectivity index (χ4n) is 1.33. The number of nitrogens with two attached hydrogens (primary N) is 2. The second-order valence-corrected chi connectivity index (χ2v) is 5.24. The quantitative estimate of drug-likeness (QED) is 0.392. The summed E-state index contributed by atoms with van der Waals surface area (Å²) in [6, 6.07) is 0. The molecule has 0 saturated carbocycles. The zero-order valence-electron chi connectivity index (χ0n) is 10.4. The SMILES string of the molecule is CCc1c(N)nc(N)nc1OCCOCP(=O)(O)O. The Morgan fingerprint density at radius 3 is 2.53 bits per heavy atom. The molecule has 19 heavy (non-hydrogen) atoms. The van der Waals surface area contributed by atoms with Gasteiger partial charge in [0.2, 0.25) is 11.8 Å². The molecule has 108 valence electrons. The van der Waals surface area contributed by atoms with E-state index in [4.69, 9.17) is 30.7 Å². The maximum atomic E-state index is 10.5. The van der Waals surface area contributed by atoms with Crippen LogP contribution in [0.3, 0.4) is 0 Å². The van der Waals surface area contributed by atoms with Crippen molar-refractivity contribution < 1.29 is 23.8 Å². The maximum Gasteiger partial charge on any atom is 0.350 e. The first-order chi connectivity index (χ1) is 8.83. The van der Waals surface area contributed by atoms with Gasteiger partial charge in [-0.2, -0.15) is 9.97 Å². The molecular formula is C9H17N4O5P. The van der Waals surface area contributed by atoms with Crippen LogP contribution < -0.4 is 16.2 Å². The van der Waals surface area contributed by atoms with E-state index in [9.17, 15) is 4.57 Å². The highest BCUT2D eigenvalue weighted by Crippen LogP contribution is 2.33. The largest absolute Gasteiger partial charge is 0.475 e. The van der Waals surface area contributed by atoms with Gasteiger partial charge >= 0.3 is 7.60 Å². The van der Waals surface area contributed by atoms with Gasteiger partial charge in [-0.05, 0) is 6.42 Å². The number of aromatic nitrogens is 2. The smallest absolute Gasteiger partial charge is 0.350 e. The van der Waals surface area contributed by atoms with Crippen LogP contribution in [0.5, 0.6) is 5.88 Å². The van der Waals surface area contributed by atoms with Gasteiger partial charge in [0.05, 0.1) is 12.2 Å². The first-order valence-corrected chi connectivity index (χ1v) is 7.30. The second-order valence-electron chi connectivity index (χ2n) is 3.65. The highest BCUT2D eigenvalue weighted by molar-refractivity contribution is 7.51. The molecule has 0 unspecified atom stereocenters. The average Bonchev–Trinajstić information content (AvgIpc) is 2.26. The molecule has 0 radical (unpaired) electrons. The van der Waals surface area contributed by atoms with Crippen molar-refractivity contribution in [2.45, 2.75) is 13.3 Å². The number of nitrogens with zero attached hydrogens (tertiary/aromatic N) is 2. The normalized spacial score (nSPS) is 11.5. The van der Waals surface area contributed by atoms with Crippen LogP contribution >= 0.6 is 7.60 Å². The van der Waals surface area contributed by atoms with Gasteiger partial charge < -0.3 is 30.7 Å². The van der Waals surface area contributed by atoms with E-state index in [-0.39, 0.29) is 30.9 Å². The summed E-state index contributed by atoms with van der Waals surface area (Å²) in [4.78, 5) is 24.9. The van der Waals surface area contributed by atoms with E-state index < -0.39 is 13.9 Å². The van der Waals surface area contributed by atoms with Crippen molar-refractivity contribution in [1.82, 2.24) is 9.97 Å². The Kier molecular flexibility index (Phi) is 5.49. The summed E-state index contributed by atoms with van der Waals surface area (Å²) in [6.07, 6.45) is -0.0736. The summed E-state index contributed by atoms with van der Waals surface area (Å²) in [5.74, 6) is 0.509. The van der Waals surface area contributed by atoms with E-state index in [0.717, 1.165) is 0 Å². The molecule has 0 saturated heterocycles. The molecule has 0 spiro atoms. The fourth-order valence-corrected chi connectivity index (χ4v) is 1.70. The number of hydrogen-bond acceptors (Lipinski definition) is 7. The number of rotatable bonds is 7. The summed E-state index contributed by atoms with van der Waals surface area (Å²) in [7, 11) is -4.15. The van der Waals surface area contributed by atoms with E-state index in [1.165, 1.54) is 0 Å². The summed E-state index contributed by atoms with van der Waals surface area (Å²) in [5, 5.41) is 0. The zero-order chi connectivity index (χ0) is 14.5. The third-order valence-corrected chi connectivity index (χ3v) is 2.62. The molecule has 6 N–H and O–H groups in total. The molecule has 1 rings (SSSR count). The average molecular weight is 292 g/mol. The fraction of sp³-hybridized carbons (Fsp3) is 0.556. The molecule has 0 aromatic carbocycles. The van der Waals surface area contributed by atoms with E-state index >= 15 is 0 Å². The molecule has 1 aromatic heterocycles. The Morgan fingerprint density at radius 1 is 1.26 bits per heavy atom. The van der Waals surface area contributed by atoms with Crippen molar-refractivity contribution in [2.75, 3.05) is 31.0 Å². The lowest BCUT2D eigenvalue weighted by Crippen LogP contribution is -2.12. The first-order valence-electron chi connectivity index (χ1n) is 5.50. The zero-order valence-corrected chi connectivity index (χ0v) is 11.3. The Labute approximate surface area is 110 Å². The highest BCUT2D eigenvalue weighted by Gasteiger charge is 2.13. The molecule has 1 heterocycles. The lowest BCUT2D eigenvalue weighted by Gasteiger charge is -2.11. The minimum Gasteiger partial charge on any atom is -0.475 e. The summed E-state index contributed by atoms with van der Waals surface area (Å²) in [5.41, 5.74) is 11.8. The summed E-state index contributed by atoms with van der Waals surface area (Å²) in [6.45, 7) is 1.95. The van der Waals surface area contributed by atoms with Gasteiger partial charge in [0.25, 0.3) is 0 Å². The molecule has 0 aliphatic heterocycles. The van der Waals surface area contributed by atoms with Crippen molar-refractivity contribution in [3.8, 4) is 5.88 Å². The van der Waals surface area contributed by atoms with Gasteiger partial charge in [-0.1, -0.05) is 6.92 Å². The summed E-state index contributed by atoms with van der Waals surface area (Å²) < 4.78 is 20.6. The minimum atomic E-state index is -4.15. The second kappa shape index (κ2) is 6.67. The standard InChI is InChI=1S/C9H17N4O5P/c1-2-6-7(10)12-9(11)13-8(6)18-4-3-17-5-19(14,15)16/h2-5H2,1H3,(H2,14,15,16)(H4,10,11,12,13). The molecular weight excluding hydrogens is 275 g/mol.